The summed E-state index contributed by atoms with van der Waals surface area (Å²) in [4.78, 5) is 7.94. The standard InChI is InChI=1S/C18H16N4O/c1-2-5-16-21-22-18(23-16)13-10-8-12(9-11-13)17-19-14-6-3-4-7-15(14)20-17/h3-4,6-11H,2,5H2,1H3,(H,19,20). The Hall–Kier alpha value is -2.95. The van der Waals surface area contributed by atoms with Crippen LogP contribution in [-0.4, -0.2) is 20.2 Å². The third kappa shape index (κ3) is 2.61. The number of aryl methyl sites for hydroxylation is 1. The van der Waals surface area contributed by atoms with Crippen LogP contribution >= 0.6 is 0 Å². The zero-order chi connectivity index (χ0) is 15.6. The van der Waals surface area contributed by atoms with Crippen molar-refractivity contribution < 1.29 is 4.42 Å². The Balaban J connectivity index is 1.64. The van der Waals surface area contributed by atoms with Crippen molar-refractivity contribution in [3.05, 3.63) is 54.4 Å². The van der Waals surface area contributed by atoms with E-state index in [1.807, 2.05) is 48.5 Å². The third-order valence-electron chi connectivity index (χ3n) is 3.73. The average Bonchev–Trinajstić information content (AvgIpc) is 3.22. The molecule has 4 aromatic rings. The Bertz CT molecular complexity index is 904. The number of aromatic nitrogens is 4. The molecule has 0 radical (unpaired) electrons. The van der Waals surface area contributed by atoms with Gasteiger partial charge in [-0.2, -0.15) is 0 Å². The molecule has 5 heteroatoms. The summed E-state index contributed by atoms with van der Waals surface area (Å²) in [6.45, 7) is 2.09. The van der Waals surface area contributed by atoms with Crippen LogP contribution in [0.2, 0.25) is 0 Å². The first-order chi connectivity index (χ1) is 11.3. The Morgan fingerprint density at radius 3 is 2.52 bits per heavy atom. The number of hydrogen-bond donors (Lipinski definition) is 1. The summed E-state index contributed by atoms with van der Waals surface area (Å²) in [6, 6.07) is 16.0. The number of aromatic amines is 1. The normalized spacial score (nSPS) is 11.2. The van der Waals surface area contributed by atoms with Gasteiger partial charge >= 0.3 is 0 Å². The van der Waals surface area contributed by atoms with E-state index in [0.29, 0.717) is 11.8 Å². The fourth-order valence-corrected chi connectivity index (χ4v) is 2.55. The van der Waals surface area contributed by atoms with E-state index in [0.717, 1.165) is 40.8 Å². The van der Waals surface area contributed by atoms with Gasteiger partial charge in [0.25, 0.3) is 0 Å². The molecule has 0 aliphatic rings. The lowest BCUT2D eigenvalue weighted by Gasteiger charge is -1.98. The van der Waals surface area contributed by atoms with E-state index in [1.54, 1.807) is 0 Å². The number of nitrogens with one attached hydrogen (secondary N) is 1. The van der Waals surface area contributed by atoms with Crippen molar-refractivity contribution >= 4 is 11.0 Å². The van der Waals surface area contributed by atoms with Crippen LogP contribution in [-0.2, 0) is 6.42 Å². The van der Waals surface area contributed by atoms with Crippen molar-refractivity contribution in [2.45, 2.75) is 19.8 Å². The largest absolute Gasteiger partial charge is 0.421 e. The quantitative estimate of drug-likeness (QED) is 0.612. The van der Waals surface area contributed by atoms with Gasteiger partial charge in [0.05, 0.1) is 11.0 Å². The molecule has 0 spiro atoms. The minimum atomic E-state index is 0.560. The van der Waals surface area contributed by atoms with Gasteiger partial charge in [-0.15, -0.1) is 10.2 Å². The van der Waals surface area contributed by atoms with E-state index in [2.05, 4.69) is 27.1 Å². The summed E-state index contributed by atoms with van der Waals surface area (Å²) in [5, 5.41) is 8.16. The van der Waals surface area contributed by atoms with Crippen molar-refractivity contribution in [3.63, 3.8) is 0 Å². The lowest BCUT2D eigenvalue weighted by atomic mass is 10.1. The monoisotopic (exact) mass is 304 g/mol. The van der Waals surface area contributed by atoms with Crippen LogP contribution < -0.4 is 0 Å². The van der Waals surface area contributed by atoms with E-state index in [4.69, 9.17) is 4.42 Å². The molecule has 5 nitrogen and oxygen atoms in total. The predicted octanol–water partition coefficient (Wildman–Crippen LogP) is 4.23. The fraction of sp³-hybridized carbons (Fsp3) is 0.167. The van der Waals surface area contributed by atoms with E-state index in [9.17, 15) is 0 Å². The molecular formula is C18H16N4O. The van der Waals surface area contributed by atoms with Crippen LogP contribution in [0, 0.1) is 0 Å². The van der Waals surface area contributed by atoms with Gasteiger partial charge in [0.1, 0.15) is 5.82 Å². The Labute approximate surface area is 133 Å². The number of para-hydroxylation sites is 2. The third-order valence-corrected chi connectivity index (χ3v) is 3.73. The van der Waals surface area contributed by atoms with Crippen molar-refractivity contribution in [1.29, 1.82) is 0 Å². The first-order valence-corrected chi connectivity index (χ1v) is 7.71. The number of fused-ring (bicyclic) bond motifs is 1. The van der Waals surface area contributed by atoms with Gasteiger partial charge in [-0.1, -0.05) is 31.2 Å². The summed E-state index contributed by atoms with van der Waals surface area (Å²) >= 11 is 0. The molecule has 23 heavy (non-hydrogen) atoms. The maximum atomic E-state index is 5.66. The zero-order valence-corrected chi connectivity index (χ0v) is 12.8. The first-order valence-electron chi connectivity index (χ1n) is 7.71. The summed E-state index contributed by atoms with van der Waals surface area (Å²) in [5.41, 5.74) is 3.94. The summed E-state index contributed by atoms with van der Waals surface area (Å²) in [5.74, 6) is 2.10. The van der Waals surface area contributed by atoms with Gasteiger partial charge in [0.15, 0.2) is 0 Å². The van der Waals surface area contributed by atoms with E-state index < -0.39 is 0 Å². The molecule has 0 aliphatic carbocycles. The van der Waals surface area contributed by atoms with Crippen LogP contribution in [0.15, 0.2) is 52.9 Å². The Morgan fingerprint density at radius 1 is 0.957 bits per heavy atom. The molecule has 2 aromatic heterocycles. The van der Waals surface area contributed by atoms with Gasteiger partial charge in [-0.3, -0.25) is 0 Å². The molecule has 0 atom stereocenters. The van der Waals surface area contributed by atoms with E-state index in [1.165, 1.54) is 0 Å². The predicted molar refractivity (Wildman–Crippen MR) is 88.8 cm³/mol. The van der Waals surface area contributed by atoms with Crippen LogP contribution in [0.1, 0.15) is 19.2 Å². The van der Waals surface area contributed by atoms with Crippen LogP contribution in [0.3, 0.4) is 0 Å². The molecule has 2 aromatic carbocycles. The molecule has 0 bridgehead atoms. The fourth-order valence-electron chi connectivity index (χ4n) is 2.55. The average molecular weight is 304 g/mol. The molecule has 4 rings (SSSR count). The molecule has 0 unspecified atom stereocenters. The lowest BCUT2D eigenvalue weighted by Crippen LogP contribution is -1.82. The summed E-state index contributed by atoms with van der Waals surface area (Å²) < 4.78 is 5.66. The maximum absolute atomic E-state index is 5.66. The highest BCUT2D eigenvalue weighted by Crippen LogP contribution is 2.24. The first kappa shape index (κ1) is 13.7. The van der Waals surface area contributed by atoms with E-state index >= 15 is 0 Å². The molecule has 0 saturated heterocycles. The second-order valence-corrected chi connectivity index (χ2v) is 5.43. The molecular weight excluding hydrogens is 288 g/mol. The van der Waals surface area contributed by atoms with Gasteiger partial charge in [-0.25, -0.2) is 4.98 Å². The molecule has 0 fully saturated rings. The number of imidazole rings is 1. The minimum Gasteiger partial charge on any atom is -0.421 e. The van der Waals surface area contributed by atoms with Gasteiger partial charge in [0, 0.05) is 17.5 Å². The van der Waals surface area contributed by atoms with Gasteiger partial charge < -0.3 is 9.40 Å². The van der Waals surface area contributed by atoms with Crippen molar-refractivity contribution in [2.75, 3.05) is 0 Å². The topological polar surface area (TPSA) is 67.6 Å². The highest BCUT2D eigenvalue weighted by molar-refractivity contribution is 5.79. The molecule has 0 aliphatic heterocycles. The number of H-pyrrole nitrogens is 1. The van der Waals surface area contributed by atoms with Crippen LogP contribution in [0.4, 0.5) is 0 Å². The van der Waals surface area contributed by atoms with Gasteiger partial charge in [0.2, 0.25) is 11.8 Å². The van der Waals surface area contributed by atoms with Crippen molar-refractivity contribution in [3.8, 4) is 22.8 Å². The molecule has 0 saturated carbocycles. The smallest absolute Gasteiger partial charge is 0.247 e. The molecule has 0 amide bonds. The highest BCUT2D eigenvalue weighted by Gasteiger charge is 2.09. The SMILES string of the molecule is CCCc1nnc(-c2ccc(-c3nc4ccccc4[nH]3)cc2)o1. The number of benzene rings is 2. The van der Waals surface area contributed by atoms with Crippen molar-refractivity contribution in [2.24, 2.45) is 0 Å². The summed E-state index contributed by atoms with van der Waals surface area (Å²) in [6.07, 6.45) is 1.80. The molecule has 2 heterocycles. The second kappa shape index (κ2) is 5.68. The van der Waals surface area contributed by atoms with E-state index in [-0.39, 0.29) is 0 Å². The summed E-state index contributed by atoms with van der Waals surface area (Å²) in [7, 11) is 0. The lowest BCUT2D eigenvalue weighted by molar-refractivity contribution is 0.502. The second-order valence-electron chi connectivity index (χ2n) is 5.43. The van der Waals surface area contributed by atoms with Gasteiger partial charge in [-0.05, 0) is 30.7 Å². The van der Waals surface area contributed by atoms with Crippen LogP contribution in [0.5, 0.6) is 0 Å². The Morgan fingerprint density at radius 2 is 1.74 bits per heavy atom. The van der Waals surface area contributed by atoms with Crippen molar-refractivity contribution in [1.82, 2.24) is 20.2 Å². The number of hydrogen-bond acceptors (Lipinski definition) is 4. The number of rotatable bonds is 4. The molecule has 1 N–H and O–H groups in total. The maximum Gasteiger partial charge on any atom is 0.247 e. The Kier molecular flexibility index (Phi) is 3.38. The van der Waals surface area contributed by atoms with Crippen LogP contribution in [0.25, 0.3) is 33.9 Å². The highest BCUT2D eigenvalue weighted by atomic mass is 16.4. The molecule has 114 valence electrons. The number of nitrogens with zero attached hydrogens (tertiary/aromatic N) is 3. The minimum absolute atomic E-state index is 0.560. The zero-order valence-electron chi connectivity index (χ0n) is 12.8.